The Morgan fingerprint density at radius 2 is 2.16 bits per heavy atom. The molecule has 2 atom stereocenters. The van der Waals surface area contributed by atoms with E-state index in [9.17, 15) is 4.39 Å². The number of ether oxygens (including phenoxy) is 1. The van der Waals surface area contributed by atoms with E-state index in [0.717, 1.165) is 38.4 Å². The van der Waals surface area contributed by atoms with E-state index in [1.54, 1.807) is 0 Å². The second kappa shape index (κ2) is 7.55. The van der Waals surface area contributed by atoms with Crippen LogP contribution in [0.4, 0.5) is 4.39 Å². The Morgan fingerprint density at radius 1 is 1.37 bits per heavy atom. The molecule has 1 heterocycles. The van der Waals surface area contributed by atoms with Gasteiger partial charge in [-0.05, 0) is 24.6 Å². The molecular weight excluding hydrogens is 245 g/mol. The second-order valence-electron chi connectivity index (χ2n) is 4.72. The average Bonchev–Trinajstić information content (AvgIpc) is 2.88. The lowest BCUT2D eigenvalue weighted by atomic mass is 9.95. The van der Waals surface area contributed by atoms with Crippen molar-refractivity contribution >= 4 is 0 Å². The average molecular weight is 267 g/mol. The minimum Gasteiger partial charge on any atom is -0.380 e. The standard InChI is InChI=1S/C14H22FN3O/c1-2-19-8-7-16-9-12-10-17-18-14(12)11-3-5-13(15)6-4-11/h3-6,12,14,16-18H,2,7-10H2,1H3. The molecule has 5 heteroatoms. The van der Waals surface area contributed by atoms with Crippen molar-refractivity contribution in [1.29, 1.82) is 0 Å². The number of hydrazine groups is 1. The Hall–Kier alpha value is -1.01. The van der Waals surface area contributed by atoms with Crippen LogP contribution in [0.5, 0.6) is 0 Å². The van der Waals surface area contributed by atoms with Crippen LogP contribution in [-0.2, 0) is 4.74 Å². The van der Waals surface area contributed by atoms with Gasteiger partial charge in [0.25, 0.3) is 0 Å². The normalized spacial score (nSPS) is 22.8. The maximum absolute atomic E-state index is 12.9. The highest BCUT2D eigenvalue weighted by Gasteiger charge is 2.27. The number of hydrogen-bond donors (Lipinski definition) is 3. The number of nitrogens with one attached hydrogen (secondary N) is 3. The van der Waals surface area contributed by atoms with Crippen molar-refractivity contribution in [2.45, 2.75) is 13.0 Å². The third-order valence-electron chi connectivity index (χ3n) is 3.36. The van der Waals surface area contributed by atoms with Gasteiger partial charge in [-0.15, -0.1) is 0 Å². The summed E-state index contributed by atoms with van der Waals surface area (Å²) < 4.78 is 18.2. The van der Waals surface area contributed by atoms with Gasteiger partial charge in [-0.25, -0.2) is 9.82 Å². The van der Waals surface area contributed by atoms with E-state index in [4.69, 9.17) is 4.74 Å². The van der Waals surface area contributed by atoms with Crippen LogP contribution in [0.1, 0.15) is 18.5 Å². The fraction of sp³-hybridized carbons (Fsp3) is 0.571. The summed E-state index contributed by atoms with van der Waals surface area (Å²) in [4.78, 5) is 0. The minimum atomic E-state index is -0.193. The molecule has 3 N–H and O–H groups in total. The Kier molecular flexibility index (Phi) is 5.72. The summed E-state index contributed by atoms with van der Waals surface area (Å²) >= 11 is 0. The highest BCUT2D eigenvalue weighted by Crippen LogP contribution is 2.24. The lowest BCUT2D eigenvalue weighted by Gasteiger charge is -2.19. The molecule has 0 amide bonds. The third kappa shape index (κ3) is 4.24. The van der Waals surface area contributed by atoms with E-state index in [1.165, 1.54) is 12.1 Å². The van der Waals surface area contributed by atoms with E-state index < -0.39 is 0 Å². The molecule has 1 aliphatic heterocycles. The fourth-order valence-electron chi connectivity index (χ4n) is 2.33. The quantitative estimate of drug-likeness (QED) is 0.650. The van der Waals surface area contributed by atoms with Crippen molar-refractivity contribution in [2.24, 2.45) is 5.92 Å². The molecule has 2 unspecified atom stereocenters. The zero-order valence-corrected chi connectivity index (χ0v) is 11.3. The van der Waals surface area contributed by atoms with E-state index in [-0.39, 0.29) is 11.9 Å². The van der Waals surface area contributed by atoms with Crippen molar-refractivity contribution in [3.05, 3.63) is 35.6 Å². The van der Waals surface area contributed by atoms with Crippen LogP contribution in [0, 0.1) is 11.7 Å². The second-order valence-corrected chi connectivity index (χ2v) is 4.72. The number of benzene rings is 1. The van der Waals surface area contributed by atoms with E-state index >= 15 is 0 Å². The first-order chi connectivity index (χ1) is 9.31. The maximum atomic E-state index is 12.9. The predicted molar refractivity (Wildman–Crippen MR) is 73.1 cm³/mol. The number of rotatable bonds is 7. The van der Waals surface area contributed by atoms with Crippen molar-refractivity contribution in [2.75, 3.05) is 32.8 Å². The molecule has 0 saturated carbocycles. The van der Waals surface area contributed by atoms with Crippen molar-refractivity contribution in [1.82, 2.24) is 16.2 Å². The van der Waals surface area contributed by atoms with Crippen LogP contribution in [0.15, 0.2) is 24.3 Å². The molecule has 0 bridgehead atoms. The monoisotopic (exact) mass is 267 g/mol. The zero-order chi connectivity index (χ0) is 13.5. The molecule has 19 heavy (non-hydrogen) atoms. The Bertz CT molecular complexity index is 371. The topological polar surface area (TPSA) is 45.3 Å². The van der Waals surface area contributed by atoms with Gasteiger partial charge in [0, 0.05) is 32.2 Å². The van der Waals surface area contributed by atoms with Crippen LogP contribution < -0.4 is 16.2 Å². The van der Waals surface area contributed by atoms with Gasteiger partial charge in [0.2, 0.25) is 0 Å². The lowest BCUT2D eigenvalue weighted by molar-refractivity contribution is 0.148. The first-order valence-electron chi connectivity index (χ1n) is 6.83. The summed E-state index contributed by atoms with van der Waals surface area (Å²) in [7, 11) is 0. The highest BCUT2D eigenvalue weighted by molar-refractivity contribution is 5.21. The van der Waals surface area contributed by atoms with Crippen molar-refractivity contribution in [3.63, 3.8) is 0 Å². The van der Waals surface area contributed by atoms with Crippen molar-refractivity contribution < 1.29 is 9.13 Å². The number of hydrogen-bond acceptors (Lipinski definition) is 4. The molecule has 1 aromatic carbocycles. The van der Waals surface area contributed by atoms with Crippen LogP contribution in [-0.4, -0.2) is 32.8 Å². The Morgan fingerprint density at radius 3 is 2.89 bits per heavy atom. The molecule has 0 radical (unpaired) electrons. The summed E-state index contributed by atoms with van der Waals surface area (Å²) in [5, 5.41) is 3.39. The van der Waals surface area contributed by atoms with Gasteiger partial charge in [0.05, 0.1) is 12.6 Å². The van der Waals surface area contributed by atoms with Crippen LogP contribution in [0.3, 0.4) is 0 Å². The zero-order valence-electron chi connectivity index (χ0n) is 11.3. The lowest BCUT2D eigenvalue weighted by Crippen LogP contribution is -2.30. The molecule has 0 spiro atoms. The van der Waals surface area contributed by atoms with Crippen LogP contribution in [0.2, 0.25) is 0 Å². The maximum Gasteiger partial charge on any atom is 0.123 e. The molecule has 0 aromatic heterocycles. The predicted octanol–water partition coefficient (Wildman–Crippen LogP) is 1.22. The van der Waals surface area contributed by atoms with E-state index in [0.29, 0.717) is 5.92 Å². The molecule has 1 aliphatic rings. The first-order valence-corrected chi connectivity index (χ1v) is 6.83. The van der Waals surface area contributed by atoms with Gasteiger partial charge in [0.1, 0.15) is 5.82 Å². The van der Waals surface area contributed by atoms with Crippen molar-refractivity contribution in [3.8, 4) is 0 Å². The smallest absolute Gasteiger partial charge is 0.123 e. The van der Waals surface area contributed by atoms with Gasteiger partial charge in [-0.1, -0.05) is 12.1 Å². The Labute approximate surface area is 113 Å². The molecule has 106 valence electrons. The van der Waals surface area contributed by atoms with Gasteiger partial charge in [0.15, 0.2) is 0 Å². The van der Waals surface area contributed by atoms with Gasteiger partial charge in [-0.3, -0.25) is 5.43 Å². The van der Waals surface area contributed by atoms with E-state index in [2.05, 4.69) is 16.2 Å². The fourth-order valence-corrected chi connectivity index (χ4v) is 2.33. The highest BCUT2D eigenvalue weighted by atomic mass is 19.1. The summed E-state index contributed by atoms with van der Waals surface area (Å²) in [5.74, 6) is 0.258. The molecule has 2 rings (SSSR count). The molecule has 0 aliphatic carbocycles. The van der Waals surface area contributed by atoms with Crippen LogP contribution in [0.25, 0.3) is 0 Å². The molecule has 1 fully saturated rings. The summed E-state index contributed by atoms with van der Waals surface area (Å²) in [6, 6.07) is 6.92. The van der Waals surface area contributed by atoms with E-state index in [1.807, 2.05) is 19.1 Å². The SMILES string of the molecule is CCOCCNCC1CNNC1c1ccc(F)cc1. The minimum absolute atomic E-state index is 0.193. The van der Waals surface area contributed by atoms with Gasteiger partial charge < -0.3 is 10.1 Å². The number of halogens is 1. The van der Waals surface area contributed by atoms with Gasteiger partial charge >= 0.3 is 0 Å². The first kappa shape index (κ1) is 14.4. The van der Waals surface area contributed by atoms with Gasteiger partial charge in [-0.2, -0.15) is 0 Å². The molecular formula is C14H22FN3O. The molecule has 1 saturated heterocycles. The molecule has 4 nitrogen and oxygen atoms in total. The summed E-state index contributed by atoms with van der Waals surface area (Å²) in [5.41, 5.74) is 7.54. The Balaban J connectivity index is 1.81. The molecule has 1 aromatic rings. The largest absolute Gasteiger partial charge is 0.380 e. The summed E-state index contributed by atoms with van der Waals surface area (Å²) in [6.45, 7) is 6.17. The summed E-state index contributed by atoms with van der Waals surface area (Å²) in [6.07, 6.45) is 0. The van der Waals surface area contributed by atoms with Crippen LogP contribution >= 0.6 is 0 Å². The third-order valence-corrected chi connectivity index (χ3v) is 3.36.